The van der Waals surface area contributed by atoms with Gasteiger partial charge in [0.05, 0.1) is 6.42 Å². The number of alkyl halides is 3. The molecule has 1 saturated heterocycles. The van der Waals surface area contributed by atoms with Crippen molar-refractivity contribution in [1.29, 1.82) is 0 Å². The highest BCUT2D eigenvalue weighted by molar-refractivity contribution is 4.85. The average Bonchev–Trinajstić information content (AvgIpc) is 2.14. The molecule has 1 heterocycles. The molecule has 0 bridgehead atoms. The number of piperidine rings is 1. The predicted molar refractivity (Wildman–Crippen MR) is 58.4 cm³/mol. The first-order chi connectivity index (χ1) is 7.33. The summed E-state index contributed by atoms with van der Waals surface area (Å²) < 4.78 is 36.9. The van der Waals surface area contributed by atoms with Crippen LogP contribution in [0.5, 0.6) is 0 Å². The van der Waals surface area contributed by atoms with Crippen LogP contribution in [0.15, 0.2) is 0 Å². The quantitative estimate of drug-likeness (QED) is 0.812. The number of nitrogens with one attached hydrogen (secondary N) is 1. The smallest absolute Gasteiger partial charge is 0.317 e. The summed E-state index contributed by atoms with van der Waals surface area (Å²) in [7, 11) is 1.91. The molecule has 5 heteroatoms. The van der Waals surface area contributed by atoms with E-state index in [-0.39, 0.29) is 6.04 Å². The van der Waals surface area contributed by atoms with E-state index in [2.05, 4.69) is 5.32 Å². The highest BCUT2D eigenvalue weighted by atomic mass is 19.4. The van der Waals surface area contributed by atoms with Crippen LogP contribution >= 0.6 is 0 Å². The Hall–Kier alpha value is -0.290. The highest BCUT2D eigenvalue weighted by Gasteiger charge is 2.35. The zero-order valence-corrected chi connectivity index (χ0v) is 10.1. The van der Waals surface area contributed by atoms with Gasteiger partial charge in [-0.15, -0.1) is 0 Å². The van der Waals surface area contributed by atoms with Gasteiger partial charge in [0.2, 0.25) is 0 Å². The number of likely N-dealkylation sites (tertiary alicyclic amines) is 1. The second-order valence-corrected chi connectivity index (χ2v) is 4.77. The molecule has 0 amide bonds. The molecule has 0 spiro atoms. The van der Waals surface area contributed by atoms with Gasteiger partial charge in [0.1, 0.15) is 0 Å². The first-order valence-electron chi connectivity index (χ1n) is 5.83. The Morgan fingerprint density at radius 1 is 1.44 bits per heavy atom. The van der Waals surface area contributed by atoms with Gasteiger partial charge in [0.25, 0.3) is 0 Å². The molecule has 0 aromatic carbocycles. The van der Waals surface area contributed by atoms with E-state index in [1.165, 1.54) is 0 Å². The van der Waals surface area contributed by atoms with E-state index in [0.717, 1.165) is 19.4 Å². The van der Waals surface area contributed by atoms with Crippen LogP contribution in [-0.2, 0) is 0 Å². The van der Waals surface area contributed by atoms with Crippen LogP contribution in [0.3, 0.4) is 0 Å². The summed E-state index contributed by atoms with van der Waals surface area (Å²) >= 11 is 0. The summed E-state index contributed by atoms with van der Waals surface area (Å²) in [6.07, 6.45) is -2.90. The van der Waals surface area contributed by atoms with Gasteiger partial charge in [-0.05, 0) is 33.7 Å². The van der Waals surface area contributed by atoms with Crippen LogP contribution in [0.4, 0.5) is 13.2 Å². The first-order valence-corrected chi connectivity index (χ1v) is 5.83. The van der Waals surface area contributed by atoms with Gasteiger partial charge in [-0.1, -0.05) is 0 Å². The maximum absolute atomic E-state index is 12.3. The molecule has 96 valence electrons. The van der Waals surface area contributed by atoms with Crippen LogP contribution in [0, 0.1) is 0 Å². The van der Waals surface area contributed by atoms with E-state index in [4.69, 9.17) is 0 Å². The minimum absolute atomic E-state index is 0.226. The molecule has 1 N–H and O–H groups in total. The lowest BCUT2D eigenvalue weighted by Gasteiger charge is -2.41. The van der Waals surface area contributed by atoms with Crippen molar-refractivity contribution in [1.82, 2.24) is 10.2 Å². The van der Waals surface area contributed by atoms with Crippen LogP contribution < -0.4 is 5.32 Å². The van der Waals surface area contributed by atoms with Crippen molar-refractivity contribution < 1.29 is 13.2 Å². The monoisotopic (exact) mass is 238 g/mol. The number of nitrogens with zero attached hydrogens (tertiary/aromatic N) is 1. The lowest BCUT2D eigenvalue weighted by atomic mass is 9.96. The first kappa shape index (κ1) is 13.8. The molecule has 0 saturated carbocycles. The van der Waals surface area contributed by atoms with Crippen LogP contribution in [0.25, 0.3) is 0 Å². The van der Waals surface area contributed by atoms with Crippen molar-refractivity contribution in [3.8, 4) is 0 Å². The topological polar surface area (TPSA) is 15.3 Å². The van der Waals surface area contributed by atoms with E-state index < -0.39 is 18.6 Å². The van der Waals surface area contributed by atoms with Gasteiger partial charge in [0.15, 0.2) is 0 Å². The van der Waals surface area contributed by atoms with Crippen molar-refractivity contribution in [2.24, 2.45) is 0 Å². The summed E-state index contributed by atoms with van der Waals surface area (Å²) in [6, 6.07) is 0.265. The van der Waals surface area contributed by atoms with Gasteiger partial charge >= 0.3 is 6.18 Å². The normalized spacial score (nSPS) is 30.4. The Morgan fingerprint density at radius 2 is 2.06 bits per heavy atom. The molecule has 0 radical (unpaired) electrons. The molecule has 1 aliphatic heterocycles. The SMILES string of the molecule is CNC1CCN(C(C)CC(F)(F)F)C(C)C1. The van der Waals surface area contributed by atoms with Crippen LogP contribution in [0.2, 0.25) is 0 Å². The summed E-state index contributed by atoms with van der Waals surface area (Å²) in [4.78, 5) is 1.97. The third kappa shape index (κ3) is 3.94. The predicted octanol–water partition coefficient (Wildman–Crippen LogP) is 2.40. The van der Waals surface area contributed by atoms with Crippen molar-refractivity contribution in [3.05, 3.63) is 0 Å². The maximum Gasteiger partial charge on any atom is 0.390 e. The summed E-state index contributed by atoms with van der Waals surface area (Å²) in [5.74, 6) is 0. The summed E-state index contributed by atoms with van der Waals surface area (Å²) in [5.41, 5.74) is 0. The number of hydrogen-bond acceptors (Lipinski definition) is 2. The average molecular weight is 238 g/mol. The molecule has 0 aromatic heterocycles. The number of rotatable bonds is 3. The van der Waals surface area contributed by atoms with Crippen LogP contribution in [-0.4, -0.2) is 42.8 Å². The Balaban J connectivity index is 2.48. The molecule has 2 nitrogen and oxygen atoms in total. The Morgan fingerprint density at radius 3 is 2.50 bits per heavy atom. The second-order valence-electron chi connectivity index (χ2n) is 4.77. The van der Waals surface area contributed by atoms with E-state index in [1.807, 2.05) is 18.9 Å². The van der Waals surface area contributed by atoms with Crippen molar-refractivity contribution in [3.63, 3.8) is 0 Å². The summed E-state index contributed by atoms with van der Waals surface area (Å²) in [5, 5.41) is 3.19. The highest BCUT2D eigenvalue weighted by Crippen LogP contribution is 2.27. The Kier molecular flexibility index (Phi) is 4.62. The lowest BCUT2D eigenvalue weighted by Crippen LogP contribution is -2.50. The third-order valence-electron chi connectivity index (χ3n) is 3.43. The fourth-order valence-electron chi connectivity index (χ4n) is 2.56. The van der Waals surface area contributed by atoms with Crippen molar-refractivity contribution in [2.45, 2.75) is 57.4 Å². The van der Waals surface area contributed by atoms with Gasteiger partial charge in [-0.3, -0.25) is 4.90 Å². The van der Waals surface area contributed by atoms with Crippen LogP contribution in [0.1, 0.15) is 33.1 Å². The number of hydrogen-bond donors (Lipinski definition) is 1. The zero-order valence-electron chi connectivity index (χ0n) is 10.1. The minimum Gasteiger partial charge on any atom is -0.317 e. The van der Waals surface area contributed by atoms with Crippen molar-refractivity contribution >= 4 is 0 Å². The molecular formula is C11H21F3N2. The maximum atomic E-state index is 12.3. The second kappa shape index (κ2) is 5.36. The van der Waals surface area contributed by atoms with Gasteiger partial charge in [0, 0.05) is 24.7 Å². The van der Waals surface area contributed by atoms with Gasteiger partial charge in [-0.25, -0.2) is 0 Å². The molecule has 1 rings (SSSR count). The van der Waals surface area contributed by atoms with Gasteiger partial charge in [-0.2, -0.15) is 13.2 Å². The number of halogens is 3. The summed E-state index contributed by atoms with van der Waals surface area (Å²) in [6.45, 7) is 4.43. The minimum atomic E-state index is -4.06. The molecule has 0 aliphatic carbocycles. The molecule has 1 fully saturated rings. The fourth-order valence-corrected chi connectivity index (χ4v) is 2.56. The van der Waals surface area contributed by atoms with E-state index >= 15 is 0 Å². The van der Waals surface area contributed by atoms with Crippen molar-refractivity contribution in [2.75, 3.05) is 13.6 Å². The van der Waals surface area contributed by atoms with E-state index in [0.29, 0.717) is 6.04 Å². The Bertz CT molecular complexity index is 218. The molecule has 1 aliphatic rings. The molecular weight excluding hydrogens is 217 g/mol. The van der Waals surface area contributed by atoms with E-state index in [9.17, 15) is 13.2 Å². The molecule has 3 unspecified atom stereocenters. The third-order valence-corrected chi connectivity index (χ3v) is 3.43. The Labute approximate surface area is 95.2 Å². The fraction of sp³-hybridized carbons (Fsp3) is 1.00. The molecule has 16 heavy (non-hydrogen) atoms. The lowest BCUT2D eigenvalue weighted by molar-refractivity contribution is -0.148. The van der Waals surface area contributed by atoms with Gasteiger partial charge < -0.3 is 5.32 Å². The zero-order chi connectivity index (χ0) is 12.3. The molecule has 0 aromatic rings. The largest absolute Gasteiger partial charge is 0.390 e. The standard InChI is InChI=1S/C11H21F3N2/c1-8-6-10(15-3)4-5-16(8)9(2)7-11(12,13)14/h8-10,15H,4-7H2,1-3H3. The molecule has 3 atom stereocenters. The van der Waals surface area contributed by atoms with E-state index in [1.54, 1.807) is 6.92 Å².